The van der Waals surface area contributed by atoms with Gasteiger partial charge >= 0.3 is 0 Å². The number of rotatable bonds is 2. The second-order valence-corrected chi connectivity index (χ2v) is 5.91. The third-order valence-corrected chi connectivity index (χ3v) is 4.37. The van der Waals surface area contributed by atoms with E-state index in [1.807, 2.05) is 12.1 Å². The summed E-state index contributed by atoms with van der Waals surface area (Å²) in [4.78, 5) is 12.0. The van der Waals surface area contributed by atoms with Crippen molar-refractivity contribution in [2.45, 2.75) is 6.42 Å². The van der Waals surface area contributed by atoms with Crippen LogP contribution in [0.3, 0.4) is 0 Å². The summed E-state index contributed by atoms with van der Waals surface area (Å²) >= 11 is 0. The van der Waals surface area contributed by atoms with Crippen LogP contribution in [0.2, 0.25) is 0 Å². The van der Waals surface area contributed by atoms with Crippen LogP contribution in [0, 0.1) is 10.1 Å². The molecule has 2 aromatic carbocycles. The first-order chi connectivity index (χ1) is 12.7. The predicted molar refractivity (Wildman–Crippen MR) is 89.5 cm³/mol. The number of nitrogens with zero attached hydrogens (tertiary/aromatic N) is 5. The third-order valence-electron chi connectivity index (χ3n) is 4.37. The molecule has 3 aromatic rings. The zero-order valence-corrected chi connectivity index (χ0v) is 13.3. The van der Waals surface area contributed by atoms with Gasteiger partial charge in [-0.25, -0.2) is 0 Å². The van der Waals surface area contributed by atoms with E-state index in [0.29, 0.717) is 23.6 Å². The summed E-state index contributed by atoms with van der Waals surface area (Å²) in [7, 11) is 0. The summed E-state index contributed by atoms with van der Waals surface area (Å²) in [5, 5.41) is 23.5. The van der Waals surface area contributed by atoms with Crippen LogP contribution in [0.5, 0.6) is 11.5 Å². The highest BCUT2D eigenvalue weighted by molar-refractivity contribution is 6.14. The lowest BCUT2D eigenvalue weighted by molar-refractivity contribution is -0.384. The highest BCUT2D eigenvalue weighted by atomic mass is 16.7. The van der Waals surface area contributed by atoms with Crippen molar-refractivity contribution in [3.63, 3.8) is 0 Å². The fraction of sp³-hybridized carbons (Fsp3) is 0.118. The fourth-order valence-corrected chi connectivity index (χ4v) is 3.10. The van der Waals surface area contributed by atoms with Crippen LogP contribution in [-0.2, 0) is 6.42 Å². The van der Waals surface area contributed by atoms with E-state index in [1.165, 1.54) is 16.9 Å². The summed E-state index contributed by atoms with van der Waals surface area (Å²) in [5.74, 6) is 1.34. The average molecular weight is 349 g/mol. The highest BCUT2D eigenvalue weighted by Gasteiger charge is 2.24. The van der Waals surface area contributed by atoms with Crippen LogP contribution in [0.1, 0.15) is 22.4 Å². The Bertz CT molecular complexity index is 1070. The first kappa shape index (κ1) is 14.6. The molecule has 0 saturated heterocycles. The monoisotopic (exact) mass is 349 g/mol. The van der Waals surface area contributed by atoms with Crippen LogP contribution < -0.4 is 9.47 Å². The highest BCUT2D eigenvalue weighted by Crippen LogP contribution is 2.37. The SMILES string of the molecule is O=[N+]([O-])c1ccc(C2=Nn3nncc3Cc3cc4c(cc32)OCO4)cc1. The quantitative estimate of drug-likeness (QED) is 0.405. The number of nitro groups is 1. The van der Waals surface area contributed by atoms with Crippen molar-refractivity contribution in [3.8, 4) is 11.5 Å². The van der Waals surface area contributed by atoms with Gasteiger partial charge in [-0.15, -0.1) is 15.0 Å². The molecule has 0 radical (unpaired) electrons. The number of hydrogen-bond donors (Lipinski definition) is 0. The molecular formula is C17H11N5O4. The van der Waals surface area contributed by atoms with Crippen molar-refractivity contribution in [3.05, 3.63) is 75.1 Å². The average Bonchev–Trinajstić information content (AvgIpc) is 3.25. The van der Waals surface area contributed by atoms with Gasteiger partial charge in [-0.1, -0.05) is 0 Å². The second kappa shape index (κ2) is 5.38. The van der Waals surface area contributed by atoms with Crippen LogP contribution in [0.15, 0.2) is 47.7 Å². The summed E-state index contributed by atoms with van der Waals surface area (Å²) in [6, 6.07) is 10.1. The Kier molecular flexibility index (Phi) is 3.02. The smallest absolute Gasteiger partial charge is 0.269 e. The van der Waals surface area contributed by atoms with Gasteiger partial charge in [0.05, 0.1) is 16.8 Å². The van der Waals surface area contributed by atoms with Gasteiger partial charge in [0.2, 0.25) is 6.79 Å². The number of fused-ring (bicyclic) bond motifs is 3. The topological polar surface area (TPSA) is 105 Å². The third kappa shape index (κ3) is 2.21. The molecule has 0 saturated carbocycles. The standard InChI is InChI=1S/C17H11N5O4/c23-22(24)12-3-1-10(2-4-12)17-14-7-16-15(25-9-26-16)6-11(14)5-13-8-18-20-21(13)19-17/h1-4,6-8H,5,9H2. The van der Waals surface area contributed by atoms with Crippen LogP contribution >= 0.6 is 0 Å². The van der Waals surface area contributed by atoms with Crippen molar-refractivity contribution in [2.24, 2.45) is 5.10 Å². The zero-order valence-electron chi connectivity index (χ0n) is 13.3. The van der Waals surface area contributed by atoms with Gasteiger partial charge in [-0.2, -0.15) is 0 Å². The molecule has 0 unspecified atom stereocenters. The minimum absolute atomic E-state index is 0.0235. The molecule has 0 N–H and O–H groups in total. The van der Waals surface area contributed by atoms with E-state index in [2.05, 4.69) is 15.4 Å². The Morgan fingerprint density at radius 1 is 1.12 bits per heavy atom. The molecule has 3 heterocycles. The lowest BCUT2D eigenvalue weighted by Gasteiger charge is -2.10. The molecule has 9 nitrogen and oxygen atoms in total. The van der Waals surface area contributed by atoms with Gasteiger partial charge in [0.1, 0.15) is 5.71 Å². The zero-order chi connectivity index (χ0) is 17.7. The Labute approximate surface area is 146 Å². The predicted octanol–water partition coefficient (Wildman–Crippen LogP) is 2.12. The Morgan fingerprint density at radius 2 is 1.88 bits per heavy atom. The van der Waals surface area contributed by atoms with Gasteiger partial charge in [0.25, 0.3) is 5.69 Å². The lowest BCUT2D eigenvalue weighted by atomic mass is 9.94. The second-order valence-electron chi connectivity index (χ2n) is 5.91. The molecule has 2 aliphatic rings. The van der Waals surface area contributed by atoms with Gasteiger partial charge in [0.15, 0.2) is 11.5 Å². The molecular weight excluding hydrogens is 338 g/mol. The number of nitro benzene ring substituents is 1. The molecule has 1 aromatic heterocycles. The molecule has 2 aliphatic heterocycles. The van der Waals surface area contributed by atoms with E-state index in [1.54, 1.807) is 18.3 Å². The number of non-ortho nitro benzene ring substituents is 1. The largest absolute Gasteiger partial charge is 0.454 e. The molecule has 0 bridgehead atoms. The van der Waals surface area contributed by atoms with E-state index in [4.69, 9.17) is 9.47 Å². The van der Waals surface area contributed by atoms with E-state index in [9.17, 15) is 10.1 Å². The molecule has 9 heteroatoms. The summed E-state index contributed by atoms with van der Waals surface area (Å²) in [6.45, 7) is 0.182. The van der Waals surface area contributed by atoms with Crippen LogP contribution in [-0.4, -0.2) is 32.5 Å². The van der Waals surface area contributed by atoms with Crippen molar-refractivity contribution < 1.29 is 14.4 Å². The Morgan fingerprint density at radius 3 is 2.65 bits per heavy atom. The number of aromatic nitrogens is 3. The molecule has 0 aliphatic carbocycles. The summed E-state index contributed by atoms with van der Waals surface area (Å²) in [6.07, 6.45) is 2.25. The molecule has 26 heavy (non-hydrogen) atoms. The van der Waals surface area contributed by atoms with Gasteiger partial charge in [-0.05, 0) is 35.0 Å². The van der Waals surface area contributed by atoms with Crippen molar-refractivity contribution in [1.29, 1.82) is 0 Å². The Hall–Kier alpha value is -3.75. The van der Waals surface area contributed by atoms with E-state index >= 15 is 0 Å². The minimum atomic E-state index is -0.430. The molecule has 5 rings (SSSR count). The maximum atomic E-state index is 10.9. The van der Waals surface area contributed by atoms with Gasteiger partial charge in [-0.3, -0.25) is 10.1 Å². The summed E-state index contributed by atoms with van der Waals surface area (Å²) < 4.78 is 11.0. The fourth-order valence-electron chi connectivity index (χ4n) is 3.10. The van der Waals surface area contributed by atoms with E-state index in [-0.39, 0.29) is 12.5 Å². The van der Waals surface area contributed by atoms with Gasteiger partial charge in [0, 0.05) is 29.7 Å². The molecule has 128 valence electrons. The van der Waals surface area contributed by atoms with Gasteiger partial charge < -0.3 is 9.47 Å². The number of benzene rings is 2. The van der Waals surface area contributed by atoms with E-state index in [0.717, 1.165) is 22.4 Å². The number of ether oxygens (including phenoxy) is 2. The molecule has 0 spiro atoms. The Balaban J connectivity index is 1.71. The lowest BCUT2D eigenvalue weighted by Crippen LogP contribution is -2.08. The molecule has 0 fully saturated rings. The van der Waals surface area contributed by atoms with E-state index < -0.39 is 4.92 Å². The van der Waals surface area contributed by atoms with Crippen LogP contribution in [0.25, 0.3) is 0 Å². The number of hydrogen-bond acceptors (Lipinski definition) is 7. The van der Waals surface area contributed by atoms with Crippen LogP contribution in [0.4, 0.5) is 5.69 Å². The van der Waals surface area contributed by atoms with Crippen molar-refractivity contribution in [1.82, 2.24) is 15.1 Å². The minimum Gasteiger partial charge on any atom is -0.454 e. The first-order valence-electron chi connectivity index (χ1n) is 7.85. The molecule has 0 atom stereocenters. The maximum Gasteiger partial charge on any atom is 0.269 e. The first-order valence-corrected chi connectivity index (χ1v) is 7.85. The maximum absolute atomic E-state index is 10.9. The van der Waals surface area contributed by atoms with Crippen molar-refractivity contribution >= 4 is 11.4 Å². The summed E-state index contributed by atoms with van der Waals surface area (Å²) in [5.41, 5.74) is 4.09. The normalized spacial score (nSPS) is 14.2. The molecule has 0 amide bonds. The van der Waals surface area contributed by atoms with Crippen molar-refractivity contribution in [2.75, 3.05) is 6.79 Å².